The molecule has 2 aromatic rings. The molecular weight excluding hydrogens is 393 g/mol. The van der Waals surface area contributed by atoms with Crippen LogP contribution in [0.5, 0.6) is 0 Å². The molecule has 0 unspecified atom stereocenters. The van der Waals surface area contributed by atoms with E-state index in [1.807, 2.05) is 52.9 Å². The van der Waals surface area contributed by atoms with Crippen LogP contribution >= 0.6 is 22.6 Å². The van der Waals surface area contributed by atoms with Crippen LogP contribution in [0.1, 0.15) is 5.82 Å². The van der Waals surface area contributed by atoms with Crippen molar-refractivity contribution in [2.24, 2.45) is 0 Å². The lowest BCUT2D eigenvalue weighted by molar-refractivity contribution is 0.0182. The van der Waals surface area contributed by atoms with Gasteiger partial charge in [-0.25, -0.2) is 13.8 Å². The Morgan fingerprint density at radius 1 is 1.29 bits per heavy atom. The summed E-state index contributed by atoms with van der Waals surface area (Å²) in [5, 5.41) is 0. The quantitative estimate of drug-likeness (QED) is 0.593. The Hall–Kier alpha value is -1.35. The fraction of sp³-hybridized carbons (Fsp3) is 0.286. The van der Waals surface area contributed by atoms with Gasteiger partial charge < -0.3 is 9.72 Å². The van der Waals surface area contributed by atoms with Gasteiger partial charge in [-0.05, 0) is 22.6 Å². The first-order chi connectivity index (χ1) is 10.1. The van der Waals surface area contributed by atoms with Gasteiger partial charge in [-0.2, -0.15) is 0 Å². The maximum absolute atomic E-state index is 12.0. The third-order valence-electron chi connectivity index (χ3n) is 2.69. The van der Waals surface area contributed by atoms with Gasteiger partial charge in [0, 0.05) is 12.0 Å². The Morgan fingerprint density at radius 3 is 2.67 bits per heavy atom. The van der Waals surface area contributed by atoms with Crippen molar-refractivity contribution in [2.45, 2.75) is 12.8 Å². The molecule has 0 fully saturated rings. The lowest BCUT2D eigenvalue weighted by Crippen LogP contribution is -2.18. The third kappa shape index (κ3) is 4.57. The maximum Gasteiger partial charge on any atom is 0.264 e. The number of nitrogens with zero attached hydrogens (tertiary/aromatic N) is 1. The highest BCUT2D eigenvalue weighted by Gasteiger charge is 2.11. The Morgan fingerprint density at radius 2 is 2.00 bits per heavy atom. The van der Waals surface area contributed by atoms with Gasteiger partial charge in [-0.3, -0.25) is 4.79 Å². The van der Waals surface area contributed by atoms with Crippen LogP contribution in [0.15, 0.2) is 35.1 Å². The van der Waals surface area contributed by atoms with Crippen LogP contribution in [-0.2, 0) is 11.2 Å². The van der Waals surface area contributed by atoms with E-state index in [1.54, 1.807) is 0 Å². The molecule has 0 atom stereocenters. The zero-order chi connectivity index (χ0) is 15.2. The minimum atomic E-state index is -2.49. The zero-order valence-electron chi connectivity index (χ0n) is 11.0. The van der Waals surface area contributed by atoms with E-state index in [9.17, 15) is 13.6 Å². The number of ether oxygens (including phenoxy) is 1. The molecule has 0 saturated heterocycles. The van der Waals surface area contributed by atoms with Crippen molar-refractivity contribution in [3.63, 3.8) is 0 Å². The second-order valence-corrected chi connectivity index (χ2v) is 5.34. The van der Waals surface area contributed by atoms with Crippen molar-refractivity contribution in [1.29, 1.82) is 0 Å². The number of nitrogens with one attached hydrogen (secondary N) is 1. The van der Waals surface area contributed by atoms with E-state index in [0.717, 1.165) is 5.56 Å². The number of halogens is 3. The normalized spacial score (nSPS) is 11.0. The van der Waals surface area contributed by atoms with Crippen molar-refractivity contribution in [3.05, 3.63) is 50.1 Å². The highest BCUT2D eigenvalue weighted by atomic mass is 127. The number of hydrogen-bond donors (Lipinski definition) is 1. The fourth-order valence-electron chi connectivity index (χ4n) is 1.75. The predicted octanol–water partition coefficient (Wildman–Crippen LogP) is 2.87. The van der Waals surface area contributed by atoms with Gasteiger partial charge >= 0.3 is 0 Å². The van der Waals surface area contributed by atoms with E-state index in [0.29, 0.717) is 15.1 Å². The van der Waals surface area contributed by atoms with Crippen molar-refractivity contribution < 1.29 is 13.5 Å². The van der Waals surface area contributed by atoms with E-state index in [-0.39, 0.29) is 18.6 Å². The molecule has 2 rings (SSSR count). The SMILES string of the molecule is O=c1[nH]c(CCOCC(F)F)nc(-c2ccccc2)c1I. The largest absolute Gasteiger partial charge is 0.375 e. The number of rotatable bonds is 6. The summed E-state index contributed by atoms with van der Waals surface area (Å²) in [5.41, 5.74) is 1.18. The van der Waals surface area contributed by atoms with E-state index < -0.39 is 13.0 Å². The van der Waals surface area contributed by atoms with Gasteiger partial charge in [-0.15, -0.1) is 0 Å². The first-order valence-corrected chi connectivity index (χ1v) is 7.36. The van der Waals surface area contributed by atoms with Crippen LogP contribution in [0.4, 0.5) is 8.78 Å². The van der Waals surface area contributed by atoms with Crippen LogP contribution < -0.4 is 5.56 Å². The molecule has 0 bridgehead atoms. The van der Waals surface area contributed by atoms with Gasteiger partial charge in [0.1, 0.15) is 16.0 Å². The van der Waals surface area contributed by atoms with E-state index in [2.05, 4.69) is 9.97 Å². The van der Waals surface area contributed by atoms with Crippen LogP contribution in [0.25, 0.3) is 11.3 Å². The molecule has 4 nitrogen and oxygen atoms in total. The molecule has 0 saturated carbocycles. The summed E-state index contributed by atoms with van der Waals surface area (Å²) in [7, 11) is 0. The summed E-state index contributed by atoms with van der Waals surface area (Å²) in [4.78, 5) is 18.9. The van der Waals surface area contributed by atoms with Crippen molar-refractivity contribution in [2.75, 3.05) is 13.2 Å². The Bertz CT molecular complexity index is 647. The molecule has 7 heteroatoms. The monoisotopic (exact) mass is 406 g/mol. The zero-order valence-corrected chi connectivity index (χ0v) is 13.1. The number of benzene rings is 1. The van der Waals surface area contributed by atoms with Crippen molar-refractivity contribution in [3.8, 4) is 11.3 Å². The molecule has 1 aromatic heterocycles. The molecule has 0 radical (unpaired) electrons. The topological polar surface area (TPSA) is 55.0 Å². The van der Waals surface area contributed by atoms with Crippen molar-refractivity contribution >= 4 is 22.6 Å². The lowest BCUT2D eigenvalue weighted by Gasteiger charge is -2.07. The summed E-state index contributed by atoms with van der Waals surface area (Å²) in [6.45, 7) is -0.526. The first kappa shape index (κ1) is 16.0. The Labute approximate surface area is 133 Å². The van der Waals surface area contributed by atoms with Gasteiger partial charge in [-0.1, -0.05) is 30.3 Å². The molecule has 0 amide bonds. The molecule has 1 heterocycles. The second kappa shape index (κ2) is 7.60. The molecule has 1 N–H and O–H groups in total. The number of H-pyrrole nitrogens is 1. The summed E-state index contributed by atoms with van der Waals surface area (Å²) < 4.78 is 29.2. The molecule has 112 valence electrons. The number of aromatic nitrogens is 2. The van der Waals surface area contributed by atoms with Gasteiger partial charge in [0.15, 0.2) is 0 Å². The minimum absolute atomic E-state index is 0.0854. The van der Waals surface area contributed by atoms with Crippen molar-refractivity contribution in [1.82, 2.24) is 9.97 Å². The fourth-order valence-corrected chi connectivity index (χ4v) is 2.32. The van der Waals surface area contributed by atoms with E-state index >= 15 is 0 Å². The third-order valence-corrected chi connectivity index (χ3v) is 3.69. The predicted molar refractivity (Wildman–Crippen MR) is 83.5 cm³/mol. The van der Waals surface area contributed by atoms with Gasteiger partial charge in [0.05, 0.1) is 12.3 Å². The lowest BCUT2D eigenvalue weighted by atomic mass is 10.1. The summed E-state index contributed by atoms with van der Waals surface area (Å²) in [6, 6.07) is 9.32. The molecule has 0 aliphatic carbocycles. The first-order valence-electron chi connectivity index (χ1n) is 6.28. The van der Waals surface area contributed by atoms with Crippen LogP contribution in [0, 0.1) is 3.57 Å². The van der Waals surface area contributed by atoms with Gasteiger partial charge in [0.25, 0.3) is 12.0 Å². The van der Waals surface area contributed by atoms with E-state index in [1.165, 1.54) is 0 Å². The van der Waals surface area contributed by atoms with Gasteiger partial charge in [0.2, 0.25) is 0 Å². The molecule has 21 heavy (non-hydrogen) atoms. The number of hydrogen-bond acceptors (Lipinski definition) is 3. The number of aromatic amines is 1. The summed E-state index contributed by atoms with van der Waals surface area (Å²) >= 11 is 1.94. The summed E-state index contributed by atoms with van der Waals surface area (Å²) in [5.74, 6) is 0.425. The molecule has 0 aliphatic heterocycles. The second-order valence-electron chi connectivity index (χ2n) is 4.26. The Balaban J connectivity index is 2.17. The molecule has 0 aliphatic rings. The van der Waals surface area contributed by atoms with Crippen LogP contribution in [-0.4, -0.2) is 29.6 Å². The summed E-state index contributed by atoms with van der Waals surface area (Å²) in [6.07, 6.45) is -2.22. The Kier molecular flexibility index (Phi) is 5.80. The van der Waals surface area contributed by atoms with E-state index in [4.69, 9.17) is 4.74 Å². The molecular formula is C14H13F2IN2O2. The van der Waals surface area contributed by atoms with Crippen LogP contribution in [0.2, 0.25) is 0 Å². The smallest absolute Gasteiger partial charge is 0.264 e. The average molecular weight is 406 g/mol. The van der Waals surface area contributed by atoms with Crippen LogP contribution in [0.3, 0.4) is 0 Å². The average Bonchev–Trinajstić information content (AvgIpc) is 2.47. The molecule has 0 spiro atoms. The highest BCUT2D eigenvalue weighted by molar-refractivity contribution is 14.1. The highest BCUT2D eigenvalue weighted by Crippen LogP contribution is 2.20. The maximum atomic E-state index is 12.0. The minimum Gasteiger partial charge on any atom is -0.375 e. The molecule has 1 aromatic carbocycles. The number of alkyl halides is 2. The standard InChI is InChI=1S/C14H13F2IN2O2/c15-10(16)8-21-7-6-11-18-13(12(17)14(20)19-11)9-4-2-1-3-5-9/h1-5,10H,6-8H2,(H,18,19,20).